The molecule has 0 heterocycles. The van der Waals surface area contributed by atoms with Crippen LogP contribution in [0.2, 0.25) is 0 Å². The first-order chi connectivity index (χ1) is 7.55. The Morgan fingerprint density at radius 1 is 1.38 bits per heavy atom. The van der Waals surface area contributed by atoms with Gasteiger partial charge in [-0.1, -0.05) is 0 Å². The van der Waals surface area contributed by atoms with Gasteiger partial charge in [0.05, 0.1) is 6.10 Å². The summed E-state index contributed by atoms with van der Waals surface area (Å²) in [5, 5.41) is 9.14. The van der Waals surface area contributed by atoms with Crippen LogP contribution >= 0.6 is 0 Å². The predicted molar refractivity (Wildman–Crippen MR) is 60.0 cm³/mol. The van der Waals surface area contributed by atoms with E-state index in [1.807, 2.05) is 0 Å². The Morgan fingerprint density at radius 3 is 2.75 bits per heavy atom. The smallest absolute Gasteiger partial charge is 0.323 e. The van der Waals surface area contributed by atoms with E-state index in [0.29, 0.717) is 30.8 Å². The van der Waals surface area contributed by atoms with Gasteiger partial charge in [-0.25, -0.2) is 0 Å². The topological polar surface area (TPSA) is 72.5 Å². The number of hydrogen-bond acceptors (Lipinski definition) is 3. The molecule has 2 aliphatic rings. The Labute approximate surface area is 96.2 Å². The van der Waals surface area contributed by atoms with Crippen molar-refractivity contribution in [1.29, 1.82) is 0 Å². The van der Waals surface area contributed by atoms with E-state index in [4.69, 9.17) is 15.6 Å². The Balaban J connectivity index is 2.00. The van der Waals surface area contributed by atoms with Gasteiger partial charge in [-0.3, -0.25) is 4.79 Å². The first-order valence-corrected chi connectivity index (χ1v) is 6.10. The fourth-order valence-electron chi connectivity index (χ4n) is 3.33. The van der Waals surface area contributed by atoms with Gasteiger partial charge in [0.15, 0.2) is 0 Å². The highest BCUT2D eigenvalue weighted by Gasteiger charge is 2.45. The summed E-state index contributed by atoms with van der Waals surface area (Å²) in [6.45, 7) is 0. The maximum atomic E-state index is 11.1. The molecule has 0 aromatic carbocycles. The summed E-state index contributed by atoms with van der Waals surface area (Å²) in [6.07, 6.45) is 5.76. The molecule has 0 spiro atoms. The largest absolute Gasteiger partial charge is 0.480 e. The number of fused-ring (bicyclic) bond motifs is 1. The van der Waals surface area contributed by atoms with Crippen molar-refractivity contribution >= 4 is 5.97 Å². The third kappa shape index (κ3) is 2.09. The van der Waals surface area contributed by atoms with Crippen LogP contribution in [0.3, 0.4) is 0 Å². The number of carboxylic acids is 1. The molecule has 0 aliphatic heterocycles. The van der Waals surface area contributed by atoms with Crippen molar-refractivity contribution in [2.24, 2.45) is 17.6 Å². The van der Waals surface area contributed by atoms with Gasteiger partial charge in [0.2, 0.25) is 0 Å². The number of aliphatic carboxylic acids is 1. The quantitative estimate of drug-likeness (QED) is 0.747. The fraction of sp³-hybridized carbons (Fsp3) is 0.917. The van der Waals surface area contributed by atoms with Crippen molar-refractivity contribution in [3.63, 3.8) is 0 Å². The Bertz CT molecular complexity index is 281. The molecular weight excluding hydrogens is 206 g/mol. The van der Waals surface area contributed by atoms with Crippen molar-refractivity contribution in [2.45, 2.75) is 50.2 Å². The van der Waals surface area contributed by atoms with E-state index >= 15 is 0 Å². The van der Waals surface area contributed by atoms with Crippen molar-refractivity contribution in [3.8, 4) is 0 Å². The molecule has 2 fully saturated rings. The van der Waals surface area contributed by atoms with Gasteiger partial charge >= 0.3 is 5.97 Å². The Hall–Kier alpha value is -0.610. The van der Waals surface area contributed by atoms with Gasteiger partial charge < -0.3 is 15.6 Å². The second-order valence-corrected chi connectivity index (χ2v) is 5.40. The Morgan fingerprint density at radius 2 is 2.12 bits per heavy atom. The number of nitrogens with two attached hydrogens (primary N) is 1. The van der Waals surface area contributed by atoms with Crippen LogP contribution in [-0.4, -0.2) is 29.8 Å². The number of carbonyl (C=O) groups is 1. The molecule has 92 valence electrons. The van der Waals surface area contributed by atoms with Crippen LogP contribution < -0.4 is 5.73 Å². The van der Waals surface area contributed by atoms with Crippen molar-refractivity contribution in [3.05, 3.63) is 0 Å². The first kappa shape index (κ1) is 11.9. The molecule has 0 saturated heterocycles. The molecule has 4 atom stereocenters. The van der Waals surface area contributed by atoms with E-state index in [9.17, 15) is 4.79 Å². The van der Waals surface area contributed by atoms with E-state index in [2.05, 4.69) is 0 Å². The SMILES string of the molecule is COC1CCC2CC(N)(C(=O)O)CCC2C1. The molecule has 0 aromatic rings. The monoisotopic (exact) mass is 227 g/mol. The summed E-state index contributed by atoms with van der Waals surface area (Å²) in [4.78, 5) is 11.1. The van der Waals surface area contributed by atoms with Gasteiger partial charge in [0.1, 0.15) is 5.54 Å². The zero-order valence-electron chi connectivity index (χ0n) is 9.82. The maximum Gasteiger partial charge on any atom is 0.323 e. The lowest BCUT2D eigenvalue weighted by molar-refractivity contribution is -0.146. The molecule has 4 nitrogen and oxygen atoms in total. The van der Waals surface area contributed by atoms with E-state index in [0.717, 1.165) is 25.7 Å². The number of methoxy groups -OCH3 is 1. The number of carboxylic acid groups (broad SMARTS) is 1. The van der Waals surface area contributed by atoms with Gasteiger partial charge in [-0.2, -0.15) is 0 Å². The summed E-state index contributed by atoms with van der Waals surface area (Å²) in [5.41, 5.74) is 4.97. The molecular formula is C12H21NO3. The van der Waals surface area contributed by atoms with E-state index in [-0.39, 0.29) is 0 Å². The van der Waals surface area contributed by atoms with Gasteiger partial charge in [-0.05, 0) is 50.4 Å². The first-order valence-electron chi connectivity index (χ1n) is 6.10. The maximum absolute atomic E-state index is 11.1. The van der Waals surface area contributed by atoms with E-state index < -0.39 is 11.5 Å². The van der Waals surface area contributed by atoms with E-state index in [1.165, 1.54) is 0 Å². The normalized spacial score (nSPS) is 43.8. The molecule has 0 aromatic heterocycles. The molecule has 0 radical (unpaired) electrons. The second-order valence-electron chi connectivity index (χ2n) is 5.40. The third-order valence-electron chi connectivity index (χ3n) is 4.44. The van der Waals surface area contributed by atoms with Crippen LogP contribution in [0.5, 0.6) is 0 Å². The summed E-state index contributed by atoms with van der Waals surface area (Å²) >= 11 is 0. The third-order valence-corrected chi connectivity index (χ3v) is 4.44. The molecule has 3 N–H and O–H groups in total. The minimum atomic E-state index is -0.971. The highest BCUT2D eigenvalue weighted by molar-refractivity contribution is 5.78. The summed E-state index contributed by atoms with van der Waals surface area (Å²) in [5.74, 6) is 0.274. The van der Waals surface area contributed by atoms with Crippen LogP contribution in [-0.2, 0) is 9.53 Å². The van der Waals surface area contributed by atoms with Crippen LogP contribution in [0.15, 0.2) is 0 Å². The van der Waals surface area contributed by atoms with E-state index in [1.54, 1.807) is 7.11 Å². The van der Waals surface area contributed by atoms with Crippen LogP contribution in [0.25, 0.3) is 0 Å². The average Bonchev–Trinajstić information content (AvgIpc) is 2.28. The average molecular weight is 227 g/mol. The lowest BCUT2D eigenvalue weighted by Gasteiger charge is -2.44. The minimum absolute atomic E-state index is 0.372. The minimum Gasteiger partial charge on any atom is -0.480 e. The van der Waals surface area contributed by atoms with Crippen LogP contribution in [0.4, 0.5) is 0 Å². The highest BCUT2D eigenvalue weighted by atomic mass is 16.5. The van der Waals surface area contributed by atoms with Gasteiger partial charge in [-0.15, -0.1) is 0 Å². The standard InChI is InChI=1S/C12H21NO3/c1-16-10-3-2-9-7-12(13,11(14)15)5-4-8(9)6-10/h8-10H,2-7,13H2,1H3,(H,14,15). The molecule has 0 bridgehead atoms. The van der Waals surface area contributed by atoms with Crippen molar-refractivity contribution < 1.29 is 14.6 Å². The van der Waals surface area contributed by atoms with Gasteiger partial charge in [0, 0.05) is 7.11 Å². The fourth-order valence-corrected chi connectivity index (χ4v) is 3.33. The number of rotatable bonds is 2. The zero-order valence-corrected chi connectivity index (χ0v) is 9.82. The molecule has 4 heteroatoms. The Kier molecular flexibility index (Phi) is 3.22. The molecule has 4 unspecified atom stereocenters. The second kappa shape index (κ2) is 4.34. The molecule has 0 amide bonds. The summed E-state index contributed by atoms with van der Waals surface area (Å²) in [7, 11) is 1.76. The molecule has 2 saturated carbocycles. The number of ether oxygens (including phenoxy) is 1. The highest BCUT2D eigenvalue weighted by Crippen LogP contribution is 2.44. The molecule has 2 aliphatic carbocycles. The van der Waals surface area contributed by atoms with Crippen LogP contribution in [0.1, 0.15) is 38.5 Å². The molecule has 16 heavy (non-hydrogen) atoms. The van der Waals surface area contributed by atoms with Crippen molar-refractivity contribution in [2.75, 3.05) is 7.11 Å². The lowest BCUT2D eigenvalue weighted by Crippen LogP contribution is -2.54. The summed E-state index contributed by atoms with van der Waals surface area (Å²) < 4.78 is 5.39. The van der Waals surface area contributed by atoms with Gasteiger partial charge in [0.25, 0.3) is 0 Å². The lowest BCUT2D eigenvalue weighted by atomic mass is 9.64. The zero-order chi connectivity index (χ0) is 11.8. The van der Waals surface area contributed by atoms with Crippen molar-refractivity contribution in [1.82, 2.24) is 0 Å². The predicted octanol–water partition coefficient (Wildman–Crippen LogP) is 1.38. The molecule has 2 rings (SSSR count). The number of hydrogen-bond donors (Lipinski definition) is 2. The van der Waals surface area contributed by atoms with Crippen LogP contribution in [0, 0.1) is 11.8 Å². The summed E-state index contributed by atoms with van der Waals surface area (Å²) in [6, 6.07) is 0.